The lowest BCUT2D eigenvalue weighted by atomic mass is 10.1. The molecule has 0 radical (unpaired) electrons. The molecule has 0 bridgehead atoms. The Kier molecular flexibility index (Phi) is 7.58. The number of ether oxygens (including phenoxy) is 4. The van der Waals surface area contributed by atoms with Crippen LogP contribution in [0.4, 0.5) is 18.9 Å². The molecule has 2 aromatic carbocycles. The molecule has 0 spiro atoms. The minimum Gasteiger partial charge on any atom is -0.497 e. The van der Waals surface area contributed by atoms with Gasteiger partial charge in [0, 0.05) is 30.3 Å². The topological polar surface area (TPSA) is 66.0 Å². The predicted octanol–water partition coefficient (Wildman–Crippen LogP) is 4.22. The summed E-state index contributed by atoms with van der Waals surface area (Å²) < 4.78 is 57.1. The summed E-state index contributed by atoms with van der Waals surface area (Å²) >= 11 is 0. The lowest BCUT2D eigenvalue weighted by Crippen LogP contribution is -2.19. The van der Waals surface area contributed by atoms with Crippen LogP contribution in [0.2, 0.25) is 0 Å². The van der Waals surface area contributed by atoms with E-state index in [-0.39, 0.29) is 23.8 Å². The van der Waals surface area contributed by atoms with Gasteiger partial charge in [-0.3, -0.25) is 4.79 Å². The van der Waals surface area contributed by atoms with E-state index in [1.165, 1.54) is 27.4 Å². The first-order chi connectivity index (χ1) is 13.7. The summed E-state index contributed by atoms with van der Waals surface area (Å²) in [6.45, 7) is -1.41. The van der Waals surface area contributed by atoms with Crippen molar-refractivity contribution in [2.75, 3.05) is 33.3 Å². The Morgan fingerprint density at radius 2 is 1.59 bits per heavy atom. The van der Waals surface area contributed by atoms with Crippen LogP contribution in [0.1, 0.15) is 12.0 Å². The first-order valence-electron chi connectivity index (χ1n) is 8.63. The highest BCUT2D eigenvalue weighted by molar-refractivity contribution is 5.91. The number of benzene rings is 2. The van der Waals surface area contributed by atoms with E-state index in [0.717, 1.165) is 5.56 Å². The molecule has 0 aromatic heterocycles. The standard InChI is InChI=1S/C20H22F3NO5/c1-26-15-9-14(10-16(11-15)27-2)24-19(25)7-5-13-4-6-17(18(8-13)28-3)29-12-20(21,22)23/h4,6,8-11H,5,7,12H2,1-3H3,(H,24,25). The van der Waals surface area contributed by atoms with Crippen molar-refractivity contribution in [3.05, 3.63) is 42.0 Å². The molecule has 0 atom stereocenters. The molecule has 2 rings (SSSR count). The Morgan fingerprint density at radius 1 is 0.931 bits per heavy atom. The third kappa shape index (κ3) is 7.10. The maximum absolute atomic E-state index is 12.3. The molecule has 1 amide bonds. The van der Waals surface area contributed by atoms with Gasteiger partial charge in [-0.15, -0.1) is 0 Å². The highest BCUT2D eigenvalue weighted by atomic mass is 19.4. The Hall–Kier alpha value is -3.10. The van der Waals surface area contributed by atoms with E-state index in [9.17, 15) is 18.0 Å². The molecule has 0 heterocycles. The van der Waals surface area contributed by atoms with Crippen LogP contribution >= 0.6 is 0 Å². The van der Waals surface area contributed by atoms with Crippen molar-refractivity contribution in [2.45, 2.75) is 19.0 Å². The molecular weight excluding hydrogens is 391 g/mol. The van der Waals surface area contributed by atoms with E-state index in [1.54, 1.807) is 30.3 Å². The summed E-state index contributed by atoms with van der Waals surface area (Å²) in [7, 11) is 4.36. The van der Waals surface area contributed by atoms with Crippen molar-refractivity contribution in [3.8, 4) is 23.0 Å². The fourth-order valence-electron chi connectivity index (χ4n) is 2.51. The highest BCUT2D eigenvalue weighted by Gasteiger charge is 2.29. The van der Waals surface area contributed by atoms with Gasteiger partial charge in [0.1, 0.15) is 11.5 Å². The molecule has 29 heavy (non-hydrogen) atoms. The van der Waals surface area contributed by atoms with E-state index in [4.69, 9.17) is 18.9 Å². The summed E-state index contributed by atoms with van der Waals surface area (Å²) in [6.07, 6.45) is -3.92. The van der Waals surface area contributed by atoms with Crippen molar-refractivity contribution in [1.82, 2.24) is 0 Å². The van der Waals surface area contributed by atoms with Gasteiger partial charge in [0.15, 0.2) is 18.1 Å². The summed E-state index contributed by atoms with van der Waals surface area (Å²) in [4.78, 5) is 12.2. The number of methoxy groups -OCH3 is 3. The van der Waals surface area contributed by atoms with Crippen LogP contribution in [0, 0.1) is 0 Å². The maximum Gasteiger partial charge on any atom is 0.422 e. The third-order valence-corrected chi connectivity index (χ3v) is 3.90. The number of amides is 1. The molecule has 0 aliphatic rings. The number of hydrogen-bond acceptors (Lipinski definition) is 5. The minimum atomic E-state index is -4.44. The number of alkyl halides is 3. The first kappa shape index (κ1) is 22.2. The Balaban J connectivity index is 1.98. The largest absolute Gasteiger partial charge is 0.497 e. The molecule has 6 nitrogen and oxygen atoms in total. The second-order valence-electron chi connectivity index (χ2n) is 6.04. The summed E-state index contributed by atoms with van der Waals surface area (Å²) in [5.41, 5.74) is 1.25. The van der Waals surface area contributed by atoms with E-state index < -0.39 is 12.8 Å². The molecular formula is C20H22F3NO5. The SMILES string of the molecule is COc1cc(NC(=O)CCc2ccc(OCC(F)(F)F)c(OC)c2)cc(OC)c1. The van der Waals surface area contributed by atoms with Crippen LogP contribution in [0.5, 0.6) is 23.0 Å². The summed E-state index contributed by atoms with van der Waals surface area (Å²) in [5, 5.41) is 2.76. The van der Waals surface area contributed by atoms with E-state index in [1.807, 2.05) is 0 Å². The van der Waals surface area contributed by atoms with Gasteiger partial charge in [-0.05, 0) is 24.1 Å². The van der Waals surface area contributed by atoms with Crippen LogP contribution in [-0.2, 0) is 11.2 Å². The number of halogens is 3. The third-order valence-electron chi connectivity index (χ3n) is 3.90. The van der Waals surface area contributed by atoms with Gasteiger partial charge in [0.05, 0.1) is 21.3 Å². The van der Waals surface area contributed by atoms with Gasteiger partial charge in [0.25, 0.3) is 0 Å². The molecule has 0 unspecified atom stereocenters. The van der Waals surface area contributed by atoms with Crippen LogP contribution in [-0.4, -0.2) is 40.0 Å². The van der Waals surface area contributed by atoms with Crippen molar-refractivity contribution in [1.29, 1.82) is 0 Å². The number of nitrogens with one attached hydrogen (secondary N) is 1. The van der Waals surface area contributed by atoms with Crippen LogP contribution in [0.25, 0.3) is 0 Å². The van der Waals surface area contributed by atoms with Crippen LogP contribution < -0.4 is 24.3 Å². The van der Waals surface area contributed by atoms with E-state index in [0.29, 0.717) is 23.6 Å². The lowest BCUT2D eigenvalue weighted by Gasteiger charge is -2.13. The molecule has 158 valence electrons. The van der Waals surface area contributed by atoms with Crippen molar-refractivity contribution >= 4 is 11.6 Å². The van der Waals surface area contributed by atoms with Gasteiger partial charge in [-0.1, -0.05) is 6.07 Å². The Morgan fingerprint density at radius 3 is 2.14 bits per heavy atom. The fraction of sp³-hybridized carbons (Fsp3) is 0.350. The predicted molar refractivity (Wildman–Crippen MR) is 101 cm³/mol. The Labute approximate surface area is 166 Å². The number of carbonyl (C=O) groups excluding carboxylic acids is 1. The van der Waals surface area contributed by atoms with Gasteiger partial charge in [-0.2, -0.15) is 13.2 Å². The number of rotatable bonds is 9. The van der Waals surface area contributed by atoms with Gasteiger partial charge in [0.2, 0.25) is 5.91 Å². The second-order valence-corrected chi connectivity index (χ2v) is 6.04. The average molecular weight is 413 g/mol. The molecule has 0 aliphatic heterocycles. The van der Waals surface area contributed by atoms with Crippen molar-refractivity contribution in [2.24, 2.45) is 0 Å². The zero-order chi connectivity index (χ0) is 21.4. The number of carbonyl (C=O) groups is 1. The summed E-state index contributed by atoms with van der Waals surface area (Å²) in [6, 6.07) is 9.55. The molecule has 0 aliphatic carbocycles. The molecule has 2 aromatic rings. The van der Waals surface area contributed by atoms with Crippen molar-refractivity contribution < 1.29 is 36.9 Å². The smallest absolute Gasteiger partial charge is 0.422 e. The van der Waals surface area contributed by atoms with Gasteiger partial charge < -0.3 is 24.3 Å². The highest BCUT2D eigenvalue weighted by Crippen LogP contribution is 2.30. The van der Waals surface area contributed by atoms with Gasteiger partial charge in [-0.25, -0.2) is 0 Å². The van der Waals surface area contributed by atoms with E-state index in [2.05, 4.69) is 5.32 Å². The fourth-order valence-corrected chi connectivity index (χ4v) is 2.51. The quantitative estimate of drug-likeness (QED) is 0.667. The maximum atomic E-state index is 12.3. The zero-order valence-electron chi connectivity index (χ0n) is 16.3. The first-order valence-corrected chi connectivity index (χ1v) is 8.63. The Bertz CT molecular complexity index is 817. The molecule has 0 saturated heterocycles. The number of hydrogen-bond donors (Lipinski definition) is 1. The minimum absolute atomic E-state index is 0.0125. The van der Waals surface area contributed by atoms with Gasteiger partial charge >= 0.3 is 6.18 Å². The lowest BCUT2D eigenvalue weighted by molar-refractivity contribution is -0.153. The molecule has 1 N–H and O–H groups in total. The number of anilines is 1. The van der Waals surface area contributed by atoms with E-state index >= 15 is 0 Å². The molecule has 0 saturated carbocycles. The summed E-state index contributed by atoms with van der Waals surface area (Å²) in [5.74, 6) is 1.00. The normalized spacial score (nSPS) is 11.0. The number of aryl methyl sites for hydroxylation is 1. The van der Waals surface area contributed by atoms with Crippen LogP contribution in [0.3, 0.4) is 0 Å². The molecule has 0 fully saturated rings. The average Bonchev–Trinajstić information content (AvgIpc) is 2.69. The zero-order valence-corrected chi connectivity index (χ0v) is 16.3. The van der Waals surface area contributed by atoms with Crippen LogP contribution in [0.15, 0.2) is 36.4 Å². The second kappa shape index (κ2) is 9.90. The van der Waals surface area contributed by atoms with Crippen molar-refractivity contribution in [3.63, 3.8) is 0 Å². The monoisotopic (exact) mass is 413 g/mol. The molecule has 9 heteroatoms.